The van der Waals surface area contributed by atoms with E-state index in [1.54, 1.807) is 49.6 Å². The Morgan fingerprint density at radius 2 is 1.86 bits per heavy atom. The Labute approximate surface area is 161 Å². The molecule has 3 aromatic rings. The van der Waals surface area contributed by atoms with Crippen molar-refractivity contribution in [3.63, 3.8) is 0 Å². The fraction of sp³-hybridized carbons (Fsp3) is 0.0870. The second-order valence-electron chi connectivity index (χ2n) is 6.25. The Hall–Kier alpha value is -3.60. The molecule has 0 saturated heterocycles. The van der Waals surface area contributed by atoms with Crippen LogP contribution in [0.25, 0.3) is 6.08 Å². The number of halogens is 1. The molecule has 28 heavy (non-hydrogen) atoms. The van der Waals surface area contributed by atoms with E-state index in [0.717, 1.165) is 5.56 Å². The van der Waals surface area contributed by atoms with Crippen molar-refractivity contribution in [3.8, 4) is 17.2 Å². The van der Waals surface area contributed by atoms with E-state index in [2.05, 4.69) is 0 Å². The Morgan fingerprint density at radius 3 is 2.68 bits per heavy atom. The first-order valence-corrected chi connectivity index (χ1v) is 8.72. The molecular formula is C23H17FO4. The third kappa shape index (κ3) is 3.60. The molecule has 4 nitrogen and oxygen atoms in total. The number of hydrogen-bond donors (Lipinski definition) is 0. The van der Waals surface area contributed by atoms with Crippen molar-refractivity contribution in [1.82, 2.24) is 0 Å². The van der Waals surface area contributed by atoms with Gasteiger partial charge in [0, 0.05) is 11.6 Å². The lowest BCUT2D eigenvalue weighted by molar-refractivity contribution is 0.101. The number of methoxy groups -OCH3 is 1. The molecule has 0 aliphatic carbocycles. The number of allylic oxidation sites excluding steroid dienone is 1. The Morgan fingerprint density at radius 1 is 1.00 bits per heavy atom. The zero-order chi connectivity index (χ0) is 19.5. The van der Waals surface area contributed by atoms with Crippen LogP contribution in [0.5, 0.6) is 17.2 Å². The quantitative estimate of drug-likeness (QED) is 0.586. The van der Waals surface area contributed by atoms with Crippen LogP contribution >= 0.6 is 0 Å². The van der Waals surface area contributed by atoms with Crippen molar-refractivity contribution >= 4 is 11.9 Å². The Kier molecular flexibility index (Phi) is 4.81. The topological polar surface area (TPSA) is 44.8 Å². The third-order valence-electron chi connectivity index (χ3n) is 4.39. The Balaban J connectivity index is 1.52. The van der Waals surface area contributed by atoms with Gasteiger partial charge in [-0.05, 0) is 42.0 Å². The van der Waals surface area contributed by atoms with E-state index < -0.39 is 0 Å². The van der Waals surface area contributed by atoms with Crippen LogP contribution in [0.3, 0.4) is 0 Å². The lowest BCUT2D eigenvalue weighted by Gasteiger charge is -2.08. The van der Waals surface area contributed by atoms with E-state index in [9.17, 15) is 9.18 Å². The number of benzene rings is 3. The molecule has 4 rings (SSSR count). The van der Waals surface area contributed by atoms with E-state index >= 15 is 0 Å². The molecular weight excluding hydrogens is 359 g/mol. The van der Waals surface area contributed by atoms with E-state index in [0.29, 0.717) is 28.4 Å². The number of ketones is 1. The molecule has 0 saturated carbocycles. The van der Waals surface area contributed by atoms with Crippen LogP contribution in [-0.2, 0) is 6.61 Å². The predicted octanol–water partition coefficient (Wildman–Crippen LogP) is 5.03. The number of hydrogen-bond acceptors (Lipinski definition) is 4. The summed E-state index contributed by atoms with van der Waals surface area (Å²) in [5.74, 6) is 1.33. The van der Waals surface area contributed by atoms with Gasteiger partial charge < -0.3 is 14.2 Å². The summed E-state index contributed by atoms with van der Waals surface area (Å²) >= 11 is 0. The van der Waals surface area contributed by atoms with Gasteiger partial charge in [0.05, 0.1) is 12.7 Å². The molecule has 1 aliphatic heterocycles. The van der Waals surface area contributed by atoms with Gasteiger partial charge in [-0.2, -0.15) is 0 Å². The molecule has 0 fully saturated rings. The fourth-order valence-corrected chi connectivity index (χ4v) is 2.92. The number of fused-ring (bicyclic) bond motifs is 1. The minimum Gasteiger partial charge on any atom is -0.497 e. The highest BCUT2D eigenvalue weighted by Gasteiger charge is 2.27. The van der Waals surface area contributed by atoms with Gasteiger partial charge in [-0.25, -0.2) is 4.39 Å². The van der Waals surface area contributed by atoms with Gasteiger partial charge in [-0.3, -0.25) is 4.79 Å². The van der Waals surface area contributed by atoms with Gasteiger partial charge in [-0.1, -0.05) is 30.3 Å². The molecule has 0 aromatic heterocycles. The van der Waals surface area contributed by atoms with Crippen LogP contribution in [0.1, 0.15) is 21.5 Å². The van der Waals surface area contributed by atoms with Crippen LogP contribution in [0.15, 0.2) is 72.5 Å². The lowest BCUT2D eigenvalue weighted by atomic mass is 10.1. The summed E-state index contributed by atoms with van der Waals surface area (Å²) in [4.78, 5) is 12.6. The highest BCUT2D eigenvalue weighted by molar-refractivity contribution is 6.14. The molecule has 0 N–H and O–H groups in total. The maximum atomic E-state index is 13.7. The largest absolute Gasteiger partial charge is 0.497 e. The first kappa shape index (κ1) is 17.8. The van der Waals surface area contributed by atoms with Crippen molar-refractivity contribution < 1.29 is 23.4 Å². The molecule has 0 bridgehead atoms. The molecule has 1 heterocycles. The second kappa shape index (κ2) is 7.56. The van der Waals surface area contributed by atoms with Crippen LogP contribution in [-0.4, -0.2) is 12.9 Å². The SMILES string of the molecule is COc1cccc(C=C2Oc3cc(OCc4ccccc4F)ccc3C2=O)c1. The first-order chi connectivity index (χ1) is 13.6. The highest BCUT2D eigenvalue weighted by atomic mass is 19.1. The summed E-state index contributed by atoms with van der Waals surface area (Å²) in [6, 6.07) is 18.7. The summed E-state index contributed by atoms with van der Waals surface area (Å²) < 4.78 is 30.3. The minimum atomic E-state index is -0.321. The van der Waals surface area contributed by atoms with Crippen molar-refractivity contribution in [2.75, 3.05) is 7.11 Å². The van der Waals surface area contributed by atoms with Gasteiger partial charge in [0.15, 0.2) is 5.76 Å². The van der Waals surface area contributed by atoms with Crippen molar-refractivity contribution in [1.29, 1.82) is 0 Å². The average molecular weight is 376 g/mol. The van der Waals surface area contributed by atoms with E-state index in [1.807, 2.05) is 24.3 Å². The van der Waals surface area contributed by atoms with E-state index in [-0.39, 0.29) is 24.0 Å². The smallest absolute Gasteiger partial charge is 0.231 e. The van der Waals surface area contributed by atoms with Gasteiger partial charge >= 0.3 is 0 Å². The molecule has 3 aromatic carbocycles. The summed E-state index contributed by atoms with van der Waals surface area (Å²) in [5.41, 5.74) is 1.72. The molecule has 5 heteroatoms. The summed E-state index contributed by atoms with van der Waals surface area (Å²) in [5, 5.41) is 0. The predicted molar refractivity (Wildman–Crippen MR) is 103 cm³/mol. The number of Topliss-reactive ketones (excluding diaryl/α,β-unsaturated/α-hetero) is 1. The van der Waals surface area contributed by atoms with Crippen LogP contribution in [0, 0.1) is 5.82 Å². The highest BCUT2D eigenvalue weighted by Crippen LogP contribution is 2.35. The van der Waals surface area contributed by atoms with Crippen LogP contribution in [0.2, 0.25) is 0 Å². The normalized spacial score (nSPS) is 13.9. The van der Waals surface area contributed by atoms with E-state index in [1.165, 1.54) is 6.07 Å². The number of carbonyl (C=O) groups is 1. The molecule has 0 radical (unpaired) electrons. The molecule has 0 atom stereocenters. The maximum absolute atomic E-state index is 13.7. The van der Waals surface area contributed by atoms with Gasteiger partial charge in [0.2, 0.25) is 5.78 Å². The van der Waals surface area contributed by atoms with Gasteiger partial charge in [0.1, 0.15) is 29.7 Å². The summed E-state index contributed by atoms with van der Waals surface area (Å²) in [6.07, 6.45) is 1.67. The lowest BCUT2D eigenvalue weighted by Crippen LogP contribution is -1.98. The molecule has 0 spiro atoms. The molecule has 1 aliphatic rings. The minimum absolute atomic E-state index is 0.0892. The zero-order valence-corrected chi connectivity index (χ0v) is 15.1. The van der Waals surface area contributed by atoms with Crippen LogP contribution in [0.4, 0.5) is 4.39 Å². The number of rotatable bonds is 5. The number of carbonyl (C=O) groups excluding carboxylic acids is 1. The monoisotopic (exact) mass is 376 g/mol. The standard InChI is InChI=1S/C23H17FO4/c1-26-17-7-4-5-15(11-17)12-22-23(25)19-10-9-18(13-21(19)28-22)27-14-16-6-2-3-8-20(16)24/h2-13H,14H2,1H3. The Bertz CT molecular complexity index is 1070. The van der Waals surface area contributed by atoms with Crippen molar-refractivity contribution in [3.05, 3.63) is 95.0 Å². The second-order valence-corrected chi connectivity index (χ2v) is 6.25. The van der Waals surface area contributed by atoms with Crippen LogP contribution < -0.4 is 14.2 Å². The molecule has 0 amide bonds. The maximum Gasteiger partial charge on any atom is 0.231 e. The van der Waals surface area contributed by atoms with E-state index in [4.69, 9.17) is 14.2 Å². The zero-order valence-electron chi connectivity index (χ0n) is 15.1. The first-order valence-electron chi connectivity index (χ1n) is 8.72. The molecule has 140 valence electrons. The number of ether oxygens (including phenoxy) is 3. The van der Waals surface area contributed by atoms with Gasteiger partial charge in [-0.15, -0.1) is 0 Å². The van der Waals surface area contributed by atoms with Crippen molar-refractivity contribution in [2.24, 2.45) is 0 Å². The third-order valence-corrected chi connectivity index (χ3v) is 4.39. The summed E-state index contributed by atoms with van der Waals surface area (Å²) in [7, 11) is 1.59. The molecule has 0 unspecified atom stereocenters. The van der Waals surface area contributed by atoms with Gasteiger partial charge in [0.25, 0.3) is 0 Å². The average Bonchev–Trinajstić information content (AvgIpc) is 3.02. The van der Waals surface area contributed by atoms with Crippen molar-refractivity contribution in [2.45, 2.75) is 6.61 Å². The summed E-state index contributed by atoms with van der Waals surface area (Å²) in [6.45, 7) is 0.0892. The fourth-order valence-electron chi connectivity index (χ4n) is 2.92.